The van der Waals surface area contributed by atoms with E-state index in [0.717, 1.165) is 11.1 Å². The van der Waals surface area contributed by atoms with Crippen LogP contribution in [0, 0.1) is 0 Å². The Kier molecular flexibility index (Phi) is 5.31. The van der Waals surface area contributed by atoms with Crippen LogP contribution < -0.4 is 0 Å². The molecular formula is C20H22O6. The predicted molar refractivity (Wildman–Crippen MR) is 92.0 cm³/mol. The van der Waals surface area contributed by atoms with Gasteiger partial charge in [0.15, 0.2) is 12.6 Å². The third kappa shape index (κ3) is 3.53. The second-order valence-electron chi connectivity index (χ2n) is 6.44. The zero-order chi connectivity index (χ0) is 17.9. The van der Waals surface area contributed by atoms with E-state index < -0.39 is 37.0 Å². The van der Waals surface area contributed by atoms with Gasteiger partial charge in [0.25, 0.3) is 0 Å². The molecule has 0 aliphatic carbocycles. The Morgan fingerprint density at radius 1 is 0.808 bits per heavy atom. The first-order valence-corrected chi connectivity index (χ1v) is 8.73. The molecule has 2 saturated heterocycles. The zero-order valence-corrected chi connectivity index (χ0v) is 14.2. The minimum absolute atomic E-state index is 0.155. The average Bonchev–Trinajstić information content (AvgIpc) is 2.71. The number of hydrogen-bond acceptors (Lipinski definition) is 6. The second-order valence-corrected chi connectivity index (χ2v) is 6.44. The van der Waals surface area contributed by atoms with E-state index in [1.165, 1.54) is 0 Å². The van der Waals surface area contributed by atoms with Gasteiger partial charge in [-0.15, -0.1) is 0 Å². The molecule has 4 rings (SSSR count). The van der Waals surface area contributed by atoms with Gasteiger partial charge in [-0.1, -0.05) is 60.7 Å². The van der Waals surface area contributed by atoms with E-state index in [-0.39, 0.29) is 13.2 Å². The van der Waals surface area contributed by atoms with E-state index >= 15 is 0 Å². The lowest BCUT2D eigenvalue weighted by atomic mass is 10.00. The third-order valence-electron chi connectivity index (χ3n) is 4.70. The number of aliphatic hydroxyl groups is 2. The maximum absolute atomic E-state index is 10.6. The Morgan fingerprint density at radius 2 is 1.42 bits per heavy atom. The number of aliphatic hydroxyl groups excluding tert-OH is 2. The van der Waals surface area contributed by atoms with Crippen LogP contribution in [-0.2, 0) is 18.9 Å². The van der Waals surface area contributed by atoms with E-state index in [9.17, 15) is 10.2 Å². The molecule has 6 atom stereocenters. The fourth-order valence-electron chi connectivity index (χ4n) is 3.31. The molecule has 2 aromatic rings. The van der Waals surface area contributed by atoms with Crippen molar-refractivity contribution in [2.75, 3.05) is 13.2 Å². The Balaban J connectivity index is 1.59. The molecule has 26 heavy (non-hydrogen) atoms. The zero-order valence-electron chi connectivity index (χ0n) is 14.2. The molecule has 0 radical (unpaired) electrons. The molecule has 2 bridgehead atoms. The summed E-state index contributed by atoms with van der Waals surface area (Å²) in [4.78, 5) is 0. The lowest BCUT2D eigenvalue weighted by molar-refractivity contribution is -0.352. The first-order valence-electron chi connectivity index (χ1n) is 8.73. The van der Waals surface area contributed by atoms with Crippen LogP contribution >= 0.6 is 0 Å². The minimum atomic E-state index is -0.955. The van der Waals surface area contributed by atoms with Gasteiger partial charge in [0.1, 0.15) is 24.4 Å². The van der Waals surface area contributed by atoms with Gasteiger partial charge in [-0.25, -0.2) is 0 Å². The van der Waals surface area contributed by atoms with Gasteiger partial charge < -0.3 is 29.2 Å². The van der Waals surface area contributed by atoms with Crippen molar-refractivity contribution in [2.24, 2.45) is 0 Å². The highest BCUT2D eigenvalue weighted by molar-refractivity contribution is 5.18. The van der Waals surface area contributed by atoms with E-state index in [2.05, 4.69) is 0 Å². The van der Waals surface area contributed by atoms with E-state index in [1.54, 1.807) is 0 Å². The van der Waals surface area contributed by atoms with Crippen molar-refractivity contribution in [3.05, 3.63) is 71.8 Å². The van der Waals surface area contributed by atoms with Crippen molar-refractivity contribution in [3.8, 4) is 0 Å². The van der Waals surface area contributed by atoms with Gasteiger partial charge in [-0.2, -0.15) is 0 Å². The summed E-state index contributed by atoms with van der Waals surface area (Å²) < 4.78 is 23.7. The largest absolute Gasteiger partial charge is 0.394 e. The first-order chi connectivity index (χ1) is 12.8. The van der Waals surface area contributed by atoms with Crippen molar-refractivity contribution in [1.82, 2.24) is 0 Å². The Morgan fingerprint density at radius 3 is 2.04 bits per heavy atom. The Bertz CT molecular complexity index is 654. The highest BCUT2D eigenvalue weighted by Gasteiger charge is 2.46. The van der Waals surface area contributed by atoms with Crippen LogP contribution in [0.2, 0.25) is 0 Å². The van der Waals surface area contributed by atoms with Crippen LogP contribution in [0.25, 0.3) is 0 Å². The second kappa shape index (κ2) is 7.84. The van der Waals surface area contributed by atoms with Crippen molar-refractivity contribution in [2.45, 2.75) is 37.0 Å². The van der Waals surface area contributed by atoms with Crippen LogP contribution in [-0.4, -0.2) is 47.8 Å². The molecule has 2 unspecified atom stereocenters. The quantitative estimate of drug-likeness (QED) is 0.873. The van der Waals surface area contributed by atoms with E-state index in [1.807, 2.05) is 60.7 Å². The van der Waals surface area contributed by atoms with Crippen molar-refractivity contribution >= 4 is 0 Å². The molecule has 0 aromatic heterocycles. The van der Waals surface area contributed by atoms with Crippen molar-refractivity contribution in [1.29, 1.82) is 0 Å². The SMILES string of the molecule is OC[C@@H]1OC(c2ccccc2)OC[C@H]2OC(c3ccccc3)O[C@H]1[C@@H]2O. The molecule has 0 amide bonds. The average molecular weight is 358 g/mol. The topological polar surface area (TPSA) is 77.4 Å². The number of benzene rings is 2. The van der Waals surface area contributed by atoms with Gasteiger partial charge in [-0.05, 0) is 0 Å². The Hall–Kier alpha value is -1.80. The lowest BCUT2D eigenvalue weighted by Gasteiger charge is -2.45. The molecule has 2 heterocycles. The summed E-state index contributed by atoms with van der Waals surface area (Å²) in [6, 6.07) is 19.0. The highest BCUT2D eigenvalue weighted by atomic mass is 16.8. The summed E-state index contributed by atoms with van der Waals surface area (Å²) in [5.74, 6) is 0. The fourth-order valence-corrected chi connectivity index (χ4v) is 3.31. The highest BCUT2D eigenvalue weighted by Crippen LogP contribution is 2.36. The smallest absolute Gasteiger partial charge is 0.184 e. The van der Waals surface area contributed by atoms with Crippen LogP contribution in [0.4, 0.5) is 0 Å². The molecule has 6 heteroatoms. The fraction of sp³-hybridized carbons (Fsp3) is 0.400. The summed E-state index contributed by atoms with van der Waals surface area (Å²) in [7, 11) is 0. The third-order valence-corrected chi connectivity index (χ3v) is 4.70. The minimum Gasteiger partial charge on any atom is -0.394 e. The molecular weight excluding hydrogens is 336 g/mol. The van der Waals surface area contributed by atoms with Crippen LogP contribution in [0.3, 0.4) is 0 Å². The van der Waals surface area contributed by atoms with Crippen LogP contribution in [0.5, 0.6) is 0 Å². The monoisotopic (exact) mass is 358 g/mol. The molecule has 0 saturated carbocycles. The standard InChI is InChI=1S/C20H22O6/c21-11-15-18-17(22)16(25-20(26-18)14-9-5-2-6-10-14)12-23-19(24-15)13-7-3-1-4-8-13/h1-10,15-22H,11-12H2/t15-,16+,17+,18+,19?,20?/m0/s1. The summed E-state index contributed by atoms with van der Waals surface area (Å²) in [5, 5.41) is 20.4. The number of rotatable bonds is 3. The maximum atomic E-state index is 10.6. The molecule has 2 fully saturated rings. The van der Waals surface area contributed by atoms with E-state index in [4.69, 9.17) is 18.9 Å². The predicted octanol–water partition coefficient (Wildman–Crippen LogP) is 1.94. The summed E-state index contributed by atoms with van der Waals surface area (Å²) >= 11 is 0. The maximum Gasteiger partial charge on any atom is 0.184 e. The molecule has 2 N–H and O–H groups in total. The van der Waals surface area contributed by atoms with Crippen molar-refractivity contribution in [3.63, 3.8) is 0 Å². The van der Waals surface area contributed by atoms with Crippen LogP contribution in [0.15, 0.2) is 60.7 Å². The Labute approximate surface area is 151 Å². The number of ether oxygens (including phenoxy) is 4. The number of fused-ring (bicyclic) bond motifs is 2. The van der Waals surface area contributed by atoms with Gasteiger partial charge in [0.05, 0.1) is 13.2 Å². The first kappa shape index (κ1) is 17.6. The van der Waals surface area contributed by atoms with E-state index in [0.29, 0.717) is 0 Å². The van der Waals surface area contributed by atoms with Gasteiger partial charge in [0, 0.05) is 11.1 Å². The molecule has 138 valence electrons. The van der Waals surface area contributed by atoms with Crippen LogP contribution in [0.1, 0.15) is 23.7 Å². The number of hydrogen-bond donors (Lipinski definition) is 2. The lowest BCUT2D eigenvalue weighted by Crippen LogP contribution is -2.57. The summed E-state index contributed by atoms with van der Waals surface area (Å²) in [6.07, 6.45) is -4.31. The molecule has 2 aliphatic heterocycles. The normalized spacial score (nSPS) is 34.7. The molecule has 2 aliphatic rings. The van der Waals surface area contributed by atoms with Gasteiger partial charge in [0.2, 0.25) is 0 Å². The molecule has 0 spiro atoms. The van der Waals surface area contributed by atoms with Gasteiger partial charge >= 0.3 is 0 Å². The molecule has 2 aromatic carbocycles. The summed E-state index contributed by atoms with van der Waals surface area (Å²) in [5.41, 5.74) is 1.67. The molecule has 6 nitrogen and oxygen atoms in total. The van der Waals surface area contributed by atoms with Gasteiger partial charge in [-0.3, -0.25) is 0 Å². The van der Waals surface area contributed by atoms with Crippen molar-refractivity contribution < 1.29 is 29.2 Å². The summed E-state index contributed by atoms with van der Waals surface area (Å²) in [6.45, 7) is -0.148.